The van der Waals surface area contributed by atoms with Gasteiger partial charge in [0.25, 0.3) is 0 Å². The summed E-state index contributed by atoms with van der Waals surface area (Å²) >= 11 is 0. The SMILES string of the molecule is CC1C(C)[C@](O)(COCc2ccccc2)O[C@@H]1CP(C)(C)=O. The summed E-state index contributed by atoms with van der Waals surface area (Å²) in [5, 5.41) is 10.7. The largest absolute Gasteiger partial charge is 0.371 e. The van der Waals surface area contributed by atoms with E-state index in [2.05, 4.69) is 0 Å². The molecule has 0 aliphatic carbocycles. The van der Waals surface area contributed by atoms with E-state index < -0.39 is 12.9 Å². The van der Waals surface area contributed by atoms with Crippen molar-refractivity contribution in [2.75, 3.05) is 26.1 Å². The Morgan fingerprint density at radius 1 is 1.27 bits per heavy atom. The number of rotatable bonds is 6. The van der Waals surface area contributed by atoms with Crippen molar-refractivity contribution < 1.29 is 19.1 Å². The molecule has 2 rings (SSSR count). The Labute approximate surface area is 133 Å². The maximum atomic E-state index is 12.0. The molecule has 4 atom stereocenters. The Bertz CT molecular complexity index is 527. The first-order chi connectivity index (χ1) is 10.2. The van der Waals surface area contributed by atoms with Crippen molar-refractivity contribution in [2.45, 2.75) is 32.3 Å². The number of ether oxygens (including phenoxy) is 2. The van der Waals surface area contributed by atoms with Gasteiger partial charge < -0.3 is 19.1 Å². The lowest BCUT2D eigenvalue weighted by Gasteiger charge is -2.27. The molecule has 0 aromatic heterocycles. The summed E-state index contributed by atoms with van der Waals surface area (Å²) in [6, 6.07) is 9.84. The monoisotopic (exact) mass is 326 g/mol. The summed E-state index contributed by atoms with van der Waals surface area (Å²) in [6.07, 6.45) is 0.320. The van der Waals surface area contributed by atoms with Crippen LogP contribution < -0.4 is 0 Å². The van der Waals surface area contributed by atoms with E-state index in [4.69, 9.17) is 9.47 Å². The minimum Gasteiger partial charge on any atom is -0.371 e. The van der Waals surface area contributed by atoms with Crippen molar-refractivity contribution in [1.29, 1.82) is 0 Å². The third-order valence-electron chi connectivity index (χ3n) is 4.48. The Kier molecular flexibility index (Phi) is 5.50. The van der Waals surface area contributed by atoms with Gasteiger partial charge in [-0.1, -0.05) is 44.2 Å². The molecule has 1 aliphatic heterocycles. The standard InChI is InChI=1S/C17H27O4P/c1-13-14(2)17(18,21-16(13)11-22(3,4)19)12-20-10-15-8-6-5-7-9-15/h5-9,13-14,16,18H,10-12H2,1-4H3/t13?,14?,16-,17+/m1/s1. The second kappa shape index (κ2) is 6.84. The van der Waals surface area contributed by atoms with Crippen LogP contribution in [0, 0.1) is 11.8 Å². The molecule has 5 heteroatoms. The van der Waals surface area contributed by atoms with Gasteiger partial charge in [0.15, 0.2) is 5.79 Å². The van der Waals surface area contributed by atoms with Crippen molar-refractivity contribution in [3.63, 3.8) is 0 Å². The highest BCUT2D eigenvalue weighted by atomic mass is 31.2. The summed E-state index contributed by atoms with van der Waals surface area (Å²) in [7, 11) is -2.19. The van der Waals surface area contributed by atoms with Crippen LogP contribution in [0.2, 0.25) is 0 Å². The molecule has 1 N–H and O–H groups in total. The number of hydrogen-bond donors (Lipinski definition) is 1. The van der Waals surface area contributed by atoms with Crippen molar-refractivity contribution in [1.82, 2.24) is 0 Å². The third-order valence-corrected chi connectivity index (χ3v) is 5.72. The van der Waals surface area contributed by atoms with Gasteiger partial charge in [-0.3, -0.25) is 0 Å². The first kappa shape index (κ1) is 17.7. The molecule has 0 bridgehead atoms. The molecule has 1 fully saturated rings. The molecule has 0 amide bonds. The van der Waals surface area contributed by atoms with E-state index in [0.717, 1.165) is 5.56 Å². The summed E-state index contributed by atoms with van der Waals surface area (Å²) < 4.78 is 23.5. The van der Waals surface area contributed by atoms with Crippen molar-refractivity contribution >= 4 is 7.14 Å². The minimum atomic E-state index is -2.19. The Balaban J connectivity index is 1.93. The number of benzene rings is 1. The van der Waals surface area contributed by atoms with Crippen LogP contribution in [0.4, 0.5) is 0 Å². The van der Waals surface area contributed by atoms with Crippen molar-refractivity contribution in [3.05, 3.63) is 35.9 Å². The van der Waals surface area contributed by atoms with Crippen molar-refractivity contribution in [3.8, 4) is 0 Å². The lowest BCUT2D eigenvalue weighted by Crippen LogP contribution is -2.40. The van der Waals surface area contributed by atoms with Crippen LogP contribution in [0.15, 0.2) is 30.3 Å². The zero-order valence-electron chi connectivity index (χ0n) is 13.9. The molecule has 1 aliphatic rings. The van der Waals surface area contributed by atoms with E-state index in [9.17, 15) is 9.67 Å². The highest BCUT2D eigenvalue weighted by Crippen LogP contribution is 2.46. The minimum absolute atomic E-state index is 0.0557. The lowest BCUT2D eigenvalue weighted by atomic mass is 9.89. The molecule has 0 radical (unpaired) electrons. The van der Waals surface area contributed by atoms with Crippen LogP contribution in [0.5, 0.6) is 0 Å². The molecule has 1 aromatic carbocycles. The average Bonchev–Trinajstić information content (AvgIpc) is 2.63. The number of hydrogen-bond acceptors (Lipinski definition) is 4. The molecule has 4 nitrogen and oxygen atoms in total. The predicted molar refractivity (Wildman–Crippen MR) is 88.6 cm³/mol. The maximum absolute atomic E-state index is 12.0. The summed E-state index contributed by atoms with van der Waals surface area (Å²) in [5.74, 6) is -1.20. The molecular formula is C17H27O4P. The molecule has 0 saturated carbocycles. The highest BCUT2D eigenvalue weighted by Gasteiger charge is 2.50. The van der Waals surface area contributed by atoms with E-state index >= 15 is 0 Å². The zero-order chi connectivity index (χ0) is 16.4. The van der Waals surface area contributed by atoms with Gasteiger partial charge in [-0.2, -0.15) is 0 Å². The second-order valence-corrected chi connectivity index (χ2v) is 10.4. The van der Waals surface area contributed by atoms with E-state index in [1.807, 2.05) is 44.2 Å². The smallest absolute Gasteiger partial charge is 0.192 e. The quantitative estimate of drug-likeness (QED) is 0.816. The van der Waals surface area contributed by atoms with Crippen LogP contribution in [-0.2, 0) is 20.6 Å². The van der Waals surface area contributed by atoms with Gasteiger partial charge in [0.2, 0.25) is 0 Å². The van der Waals surface area contributed by atoms with Gasteiger partial charge in [-0.25, -0.2) is 0 Å². The first-order valence-corrected chi connectivity index (χ1v) is 10.6. The van der Waals surface area contributed by atoms with Gasteiger partial charge in [-0.05, 0) is 24.8 Å². The molecule has 1 aromatic rings. The Hall–Kier alpha value is -0.670. The van der Waals surface area contributed by atoms with Crippen LogP contribution in [0.25, 0.3) is 0 Å². The van der Waals surface area contributed by atoms with Crippen molar-refractivity contribution in [2.24, 2.45) is 11.8 Å². The third kappa shape index (κ3) is 4.42. The van der Waals surface area contributed by atoms with E-state index in [1.165, 1.54) is 0 Å². The van der Waals surface area contributed by atoms with Gasteiger partial charge in [-0.15, -0.1) is 0 Å². The van der Waals surface area contributed by atoms with Crippen LogP contribution in [0.1, 0.15) is 19.4 Å². The molecule has 0 spiro atoms. The van der Waals surface area contributed by atoms with Gasteiger partial charge in [0.1, 0.15) is 6.61 Å². The molecule has 2 unspecified atom stereocenters. The van der Waals surface area contributed by atoms with Gasteiger partial charge in [0.05, 0.1) is 19.9 Å². The van der Waals surface area contributed by atoms with Gasteiger partial charge in [0, 0.05) is 12.1 Å². The average molecular weight is 326 g/mol. The fraction of sp³-hybridized carbons (Fsp3) is 0.647. The van der Waals surface area contributed by atoms with E-state index in [0.29, 0.717) is 12.8 Å². The van der Waals surface area contributed by atoms with Crippen LogP contribution in [0.3, 0.4) is 0 Å². The van der Waals surface area contributed by atoms with E-state index in [-0.39, 0.29) is 24.5 Å². The molecule has 22 heavy (non-hydrogen) atoms. The maximum Gasteiger partial charge on any atom is 0.192 e. The summed E-state index contributed by atoms with van der Waals surface area (Å²) in [4.78, 5) is 0. The molecular weight excluding hydrogens is 299 g/mol. The highest BCUT2D eigenvalue weighted by molar-refractivity contribution is 7.62. The Morgan fingerprint density at radius 2 is 1.91 bits per heavy atom. The van der Waals surface area contributed by atoms with Crippen LogP contribution in [-0.4, -0.2) is 43.1 Å². The first-order valence-electron chi connectivity index (χ1n) is 7.77. The number of aliphatic hydroxyl groups is 1. The van der Waals surface area contributed by atoms with Crippen LogP contribution >= 0.6 is 7.14 Å². The normalized spacial score (nSPS) is 32.3. The second-order valence-electron chi connectivity index (χ2n) is 6.88. The lowest BCUT2D eigenvalue weighted by molar-refractivity contribution is -0.236. The van der Waals surface area contributed by atoms with Gasteiger partial charge >= 0.3 is 0 Å². The molecule has 1 saturated heterocycles. The predicted octanol–water partition coefficient (Wildman–Crippen LogP) is 3.19. The fourth-order valence-electron chi connectivity index (χ4n) is 2.90. The molecule has 124 valence electrons. The summed E-state index contributed by atoms with van der Waals surface area (Å²) in [6.45, 7) is 8.10. The molecule has 1 heterocycles. The zero-order valence-corrected chi connectivity index (χ0v) is 14.8. The Morgan fingerprint density at radius 3 is 2.50 bits per heavy atom. The topological polar surface area (TPSA) is 55.8 Å². The fourth-order valence-corrected chi connectivity index (χ4v) is 4.18. The summed E-state index contributed by atoms with van der Waals surface area (Å²) in [5.41, 5.74) is 1.06. The van der Waals surface area contributed by atoms with E-state index in [1.54, 1.807) is 13.3 Å².